The van der Waals surface area contributed by atoms with Crippen LogP contribution in [0.4, 0.5) is 9.59 Å². The summed E-state index contributed by atoms with van der Waals surface area (Å²) < 4.78 is 55.0. The Morgan fingerprint density at radius 1 is 0.621 bits per heavy atom. The molecule has 0 aromatic heterocycles. The molecule has 1 aliphatic rings. The molecule has 16 nitrogen and oxygen atoms in total. The van der Waals surface area contributed by atoms with Crippen LogP contribution in [0.15, 0.2) is 60.7 Å². The van der Waals surface area contributed by atoms with Crippen LogP contribution in [-0.2, 0) is 64.8 Å². The number of phosphoric ester groups is 1. The first kappa shape index (κ1) is 56.3. The van der Waals surface area contributed by atoms with E-state index in [-0.39, 0.29) is 45.9 Å². The van der Waals surface area contributed by atoms with Gasteiger partial charge in [-0.2, -0.15) is 0 Å². The van der Waals surface area contributed by atoms with Gasteiger partial charge in [0, 0.05) is 25.9 Å². The Morgan fingerprint density at radius 2 is 1.06 bits per heavy atom. The highest BCUT2D eigenvalue weighted by atomic mass is 31.2. The number of esters is 2. The molecule has 3 atom stereocenters. The minimum absolute atomic E-state index is 0.134. The first-order valence-corrected chi connectivity index (χ1v) is 25.5. The third-order valence-corrected chi connectivity index (χ3v) is 11.6. The van der Waals surface area contributed by atoms with Crippen molar-refractivity contribution in [3.8, 4) is 0 Å². The van der Waals surface area contributed by atoms with Gasteiger partial charge in [-0.3, -0.25) is 14.2 Å². The Kier molecular flexibility index (Phi) is 29.2. The zero-order chi connectivity index (χ0) is 47.6. The highest BCUT2D eigenvalue weighted by Crippen LogP contribution is 2.39. The van der Waals surface area contributed by atoms with Crippen molar-refractivity contribution in [1.82, 2.24) is 10.6 Å². The van der Waals surface area contributed by atoms with E-state index in [1.807, 2.05) is 60.7 Å². The van der Waals surface area contributed by atoms with Gasteiger partial charge in [-0.15, -0.1) is 0 Å². The normalized spacial score (nSPS) is 15.6. The molecule has 0 spiro atoms. The molecule has 372 valence electrons. The highest BCUT2D eigenvalue weighted by Gasteiger charge is 2.33. The van der Waals surface area contributed by atoms with Crippen LogP contribution in [0.1, 0.15) is 153 Å². The Balaban J connectivity index is 1.21. The van der Waals surface area contributed by atoms with Crippen molar-refractivity contribution in [2.24, 2.45) is 0 Å². The van der Waals surface area contributed by atoms with Crippen molar-refractivity contribution in [3.63, 3.8) is 0 Å². The molecule has 1 heterocycles. The lowest BCUT2D eigenvalue weighted by atomic mass is 10.1. The minimum Gasteiger partial charge on any atom is -0.756 e. The summed E-state index contributed by atoms with van der Waals surface area (Å²) in [5.41, 5.74) is 1.90. The van der Waals surface area contributed by atoms with Crippen LogP contribution < -0.4 is 15.5 Å². The van der Waals surface area contributed by atoms with Crippen LogP contribution in [0.5, 0.6) is 0 Å². The number of amides is 2. The summed E-state index contributed by atoms with van der Waals surface area (Å²) >= 11 is 0. The van der Waals surface area contributed by atoms with E-state index in [4.69, 9.17) is 37.5 Å². The average Bonchev–Trinajstić information content (AvgIpc) is 3.67. The third-order valence-electron chi connectivity index (χ3n) is 10.7. The fourth-order valence-electron chi connectivity index (χ4n) is 7.04. The molecule has 3 unspecified atom stereocenters. The predicted molar refractivity (Wildman–Crippen MR) is 247 cm³/mol. The van der Waals surface area contributed by atoms with Crippen molar-refractivity contribution in [2.75, 3.05) is 39.5 Å². The van der Waals surface area contributed by atoms with Gasteiger partial charge in [0.1, 0.15) is 25.9 Å². The van der Waals surface area contributed by atoms with Gasteiger partial charge in [0.25, 0.3) is 7.82 Å². The van der Waals surface area contributed by atoms with Crippen LogP contribution in [0.25, 0.3) is 0 Å². The number of alkyl carbamates (subject to hydrolysis) is 2. The topological polar surface area (TPSA) is 206 Å². The van der Waals surface area contributed by atoms with Gasteiger partial charge in [0.05, 0.1) is 19.8 Å². The smallest absolute Gasteiger partial charge is 0.407 e. The lowest BCUT2D eigenvalue weighted by Gasteiger charge is -2.26. The van der Waals surface area contributed by atoms with Gasteiger partial charge in [-0.1, -0.05) is 151 Å². The van der Waals surface area contributed by atoms with E-state index in [0.717, 1.165) is 114 Å². The first-order chi connectivity index (χ1) is 31.9. The van der Waals surface area contributed by atoms with Gasteiger partial charge in [-0.25, -0.2) is 9.59 Å². The van der Waals surface area contributed by atoms with E-state index in [9.17, 15) is 28.6 Å². The molecular formula is C49H76N2O14P-. The standard InChI is InChI=1S/C49H77N2O14P/c1-49(2)61-38-44(65-49)40-63-66(56,57)62-39-43(64-46(53)32-24-14-10-6-4-8-12-16-26-34-51-48(55)60-36-42-29-21-18-22-30-42)37-58-45(52)31-23-13-9-5-3-7-11-15-25-33-50-47(54)59-35-41-27-19-17-20-28-41/h17-22,27-30,43-44H,3-16,23-26,31-40H2,1-2H3,(H,50,54)(H,51,55)(H,56,57)/p-1. The lowest BCUT2D eigenvalue weighted by Crippen LogP contribution is -2.31. The number of hydrogen-bond donors (Lipinski definition) is 2. The molecule has 3 rings (SSSR count). The van der Waals surface area contributed by atoms with Crippen LogP contribution >= 0.6 is 7.82 Å². The molecule has 2 N–H and O–H groups in total. The molecule has 0 bridgehead atoms. The van der Waals surface area contributed by atoms with E-state index < -0.39 is 56.5 Å². The van der Waals surface area contributed by atoms with Crippen LogP contribution in [-0.4, -0.2) is 81.6 Å². The monoisotopic (exact) mass is 948 g/mol. The molecule has 1 saturated heterocycles. The summed E-state index contributed by atoms with van der Waals surface area (Å²) in [6.45, 7) is 4.03. The van der Waals surface area contributed by atoms with Gasteiger partial charge in [0.15, 0.2) is 11.9 Å². The number of nitrogens with one attached hydrogen (secondary N) is 2. The summed E-state index contributed by atoms with van der Waals surface area (Å²) in [5, 5.41) is 5.58. The molecule has 66 heavy (non-hydrogen) atoms. The van der Waals surface area contributed by atoms with Crippen molar-refractivity contribution in [2.45, 2.75) is 173 Å². The predicted octanol–water partition coefficient (Wildman–Crippen LogP) is 9.75. The third kappa shape index (κ3) is 29.6. The largest absolute Gasteiger partial charge is 0.756 e. The number of hydrogen-bond acceptors (Lipinski definition) is 14. The van der Waals surface area contributed by atoms with Gasteiger partial charge < -0.3 is 53.0 Å². The number of carbonyl (C=O) groups is 4. The van der Waals surface area contributed by atoms with E-state index >= 15 is 0 Å². The van der Waals surface area contributed by atoms with Gasteiger partial charge in [0.2, 0.25) is 0 Å². The first-order valence-electron chi connectivity index (χ1n) is 24.1. The van der Waals surface area contributed by atoms with Crippen LogP contribution in [0, 0.1) is 0 Å². The fourth-order valence-corrected chi connectivity index (χ4v) is 7.82. The fraction of sp³-hybridized carbons (Fsp3) is 0.673. The van der Waals surface area contributed by atoms with Crippen molar-refractivity contribution in [3.05, 3.63) is 71.8 Å². The molecule has 0 aliphatic carbocycles. The number of phosphoric acid groups is 1. The molecule has 2 amide bonds. The maximum Gasteiger partial charge on any atom is 0.407 e. The number of unbranched alkanes of at least 4 members (excludes halogenated alkanes) is 16. The summed E-state index contributed by atoms with van der Waals surface area (Å²) in [6.07, 6.45) is 15.1. The number of ether oxygens (including phenoxy) is 6. The summed E-state index contributed by atoms with van der Waals surface area (Å²) in [5.74, 6) is -1.85. The summed E-state index contributed by atoms with van der Waals surface area (Å²) in [6, 6.07) is 19.1. The molecule has 17 heteroatoms. The molecule has 2 aromatic rings. The Bertz CT molecular complexity index is 1670. The number of benzene rings is 2. The van der Waals surface area contributed by atoms with E-state index in [1.165, 1.54) is 0 Å². The summed E-state index contributed by atoms with van der Waals surface area (Å²) in [7, 11) is -4.81. The van der Waals surface area contributed by atoms with Gasteiger partial charge in [-0.05, 0) is 50.7 Å². The lowest BCUT2D eigenvalue weighted by molar-refractivity contribution is -0.231. The molecule has 1 fully saturated rings. The van der Waals surface area contributed by atoms with Crippen molar-refractivity contribution < 1.29 is 66.1 Å². The van der Waals surface area contributed by atoms with Gasteiger partial charge >= 0.3 is 24.1 Å². The molecular weight excluding hydrogens is 872 g/mol. The van der Waals surface area contributed by atoms with E-state index in [2.05, 4.69) is 10.6 Å². The second kappa shape index (κ2) is 34.3. The van der Waals surface area contributed by atoms with E-state index in [1.54, 1.807) is 13.8 Å². The Hall–Kier alpha value is -4.05. The van der Waals surface area contributed by atoms with E-state index in [0.29, 0.717) is 25.9 Å². The molecule has 0 radical (unpaired) electrons. The summed E-state index contributed by atoms with van der Waals surface area (Å²) in [4.78, 5) is 61.7. The average molecular weight is 948 g/mol. The maximum absolute atomic E-state index is 12.8. The Morgan fingerprint density at radius 3 is 1.52 bits per heavy atom. The zero-order valence-corrected chi connectivity index (χ0v) is 40.3. The van der Waals surface area contributed by atoms with Crippen molar-refractivity contribution in [1.29, 1.82) is 0 Å². The second-order valence-corrected chi connectivity index (χ2v) is 18.5. The second-order valence-electron chi connectivity index (χ2n) is 17.1. The molecule has 2 aromatic carbocycles. The maximum atomic E-state index is 12.8. The number of carbonyl (C=O) groups excluding carboxylic acids is 4. The minimum atomic E-state index is -4.81. The SMILES string of the molecule is CC1(C)OCC(COP(=O)([O-])OCC(COC(=O)CCCCCCCCCCCNC(=O)OCc2ccccc2)OC(=O)CCCCCCCCCCCNC(=O)OCc2ccccc2)O1. The zero-order valence-electron chi connectivity index (χ0n) is 39.4. The highest BCUT2D eigenvalue weighted by molar-refractivity contribution is 7.45. The van der Waals surface area contributed by atoms with Crippen LogP contribution in [0.2, 0.25) is 0 Å². The van der Waals surface area contributed by atoms with Crippen LogP contribution in [0.3, 0.4) is 0 Å². The quantitative estimate of drug-likeness (QED) is 0.0280. The van der Waals surface area contributed by atoms with Crippen molar-refractivity contribution >= 4 is 31.9 Å². The molecule has 0 saturated carbocycles. The number of rotatable bonds is 37. The molecule has 1 aliphatic heterocycles. The Labute approximate surface area is 392 Å².